The second kappa shape index (κ2) is 18.7. The summed E-state index contributed by atoms with van der Waals surface area (Å²) in [6.07, 6.45) is 2.61. The number of nitrogens with two attached hydrogens (primary N) is 1. The summed E-state index contributed by atoms with van der Waals surface area (Å²) in [7, 11) is 0. The number of benzene rings is 4. The van der Waals surface area contributed by atoms with Gasteiger partial charge >= 0.3 is 0 Å². The van der Waals surface area contributed by atoms with Crippen LogP contribution >= 0.6 is 0 Å². The maximum atomic E-state index is 13.6. The maximum absolute atomic E-state index is 13.6. The highest BCUT2D eigenvalue weighted by molar-refractivity contribution is 6.38. The number of carbonyl (C=O) groups excluding carboxylic acids is 6. The van der Waals surface area contributed by atoms with E-state index in [1.807, 2.05) is 115 Å². The molecule has 0 aromatic heterocycles. The van der Waals surface area contributed by atoms with Gasteiger partial charge in [0, 0.05) is 31.1 Å². The van der Waals surface area contributed by atoms with Gasteiger partial charge in [-0.15, -0.1) is 0 Å². The van der Waals surface area contributed by atoms with Gasteiger partial charge in [0.25, 0.3) is 5.91 Å². The van der Waals surface area contributed by atoms with Gasteiger partial charge in [0.05, 0.1) is 12.1 Å². The zero-order valence-corrected chi connectivity index (χ0v) is 30.0. The Bertz CT molecular complexity index is 1870. The smallest absolute Gasteiger partial charge is 0.290 e. The quantitative estimate of drug-likeness (QED) is 0.105. The van der Waals surface area contributed by atoms with Crippen molar-refractivity contribution in [3.8, 4) is 11.1 Å². The topological polar surface area (TPSA) is 152 Å². The van der Waals surface area contributed by atoms with Crippen LogP contribution in [0, 0.1) is 17.8 Å². The highest BCUT2D eigenvalue weighted by Gasteiger charge is 2.35. The second-order valence-corrected chi connectivity index (χ2v) is 14.1. The van der Waals surface area contributed by atoms with E-state index in [2.05, 4.69) is 10.6 Å². The van der Waals surface area contributed by atoms with E-state index in [0.717, 1.165) is 40.7 Å². The van der Waals surface area contributed by atoms with Crippen molar-refractivity contribution in [3.05, 3.63) is 132 Å². The summed E-state index contributed by atoms with van der Waals surface area (Å²) in [6.45, 7) is 1.41. The minimum absolute atomic E-state index is 0.0428. The number of nitrogens with one attached hydrogen (secondary N) is 2. The predicted molar refractivity (Wildman–Crippen MR) is 203 cm³/mol. The highest BCUT2D eigenvalue weighted by atomic mass is 16.2. The molecule has 0 spiro atoms. The number of primary amides is 1. The number of hydrogen-bond acceptors (Lipinski definition) is 6. The van der Waals surface area contributed by atoms with Crippen molar-refractivity contribution in [1.82, 2.24) is 10.6 Å². The van der Waals surface area contributed by atoms with Gasteiger partial charge in [-0.1, -0.05) is 128 Å². The molecule has 274 valence electrons. The number of Topliss-reactive ketones (excluding diaryl/α,β-unsaturated/α-hetero) is 3. The van der Waals surface area contributed by atoms with Gasteiger partial charge in [0.2, 0.25) is 17.6 Å². The lowest BCUT2D eigenvalue weighted by Crippen LogP contribution is -2.51. The fraction of sp³-hybridized carbons (Fsp3) is 0.318. The fourth-order valence-corrected chi connectivity index (χ4v) is 6.51. The average Bonchev–Trinajstić information content (AvgIpc) is 3.99. The third-order valence-corrected chi connectivity index (χ3v) is 9.74. The summed E-state index contributed by atoms with van der Waals surface area (Å²) >= 11 is 0. The van der Waals surface area contributed by atoms with Crippen LogP contribution in [0.5, 0.6) is 0 Å². The Morgan fingerprint density at radius 2 is 1.17 bits per heavy atom. The van der Waals surface area contributed by atoms with E-state index in [9.17, 15) is 28.8 Å². The van der Waals surface area contributed by atoms with E-state index < -0.39 is 47.4 Å². The van der Waals surface area contributed by atoms with Gasteiger partial charge in [-0.05, 0) is 59.9 Å². The summed E-state index contributed by atoms with van der Waals surface area (Å²) in [5.41, 5.74) is 10.4. The lowest BCUT2D eigenvalue weighted by atomic mass is 9.89. The van der Waals surface area contributed by atoms with Crippen LogP contribution in [0.15, 0.2) is 115 Å². The molecule has 4 atom stereocenters. The zero-order valence-electron chi connectivity index (χ0n) is 30.0. The predicted octanol–water partition coefficient (Wildman–Crippen LogP) is 5.38. The molecule has 9 nitrogen and oxygen atoms in total. The van der Waals surface area contributed by atoms with Gasteiger partial charge in [-0.3, -0.25) is 28.8 Å². The van der Waals surface area contributed by atoms with Crippen molar-refractivity contribution in [2.45, 2.75) is 70.4 Å². The Kier molecular flexibility index (Phi) is 13.6. The van der Waals surface area contributed by atoms with E-state index in [-0.39, 0.29) is 49.6 Å². The van der Waals surface area contributed by atoms with Crippen LogP contribution in [0.2, 0.25) is 0 Å². The van der Waals surface area contributed by atoms with Crippen LogP contribution in [0.1, 0.15) is 55.7 Å². The fourth-order valence-electron chi connectivity index (χ4n) is 6.51. The zero-order chi connectivity index (χ0) is 37.7. The van der Waals surface area contributed by atoms with Crippen molar-refractivity contribution >= 4 is 35.1 Å². The molecule has 1 saturated carbocycles. The average molecular weight is 714 g/mol. The Labute approximate surface area is 310 Å². The first-order valence-electron chi connectivity index (χ1n) is 18.3. The molecule has 4 aromatic rings. The van der Waals surface area contributed by atoms with Crippen molar-refractivity contribution in [2.75, 3.05) is 0 Å². The molecular formula is C44H47N3O6. The third-order valence-electron chi connectivity index (χ3n) is 9.74. The molecule has 4 aromatic carbocycles. The lowest BCUT2D eigenvalue weighted by Gasteiger charge is -2.22. The molecule has 0 saturated heterocycles. The Hall–Kier alpha value is -5.70. The van der Waals surface area contributed by atoms with Crippen LogP contribution in [0.25, 0.3) is 11.1 Å². The molecule has 5 rings (SSSR count). The standard InChI is InChI=1S/C44H47N3O6/c1-29(46-43(52)37(24-30-11-5-2-6-12-30)27-38(48)25-31-13-7-3-8-14-31)41(50)44(53)47-39(26-33-17-18-33)40(49)28-36(42(45)51)23-32-19-21-35(22-20-32)34-15-9-4-10-16-34/h2-16,19-22,29,33,36-37,39H,17-18,23-28H2,1H3,(H2,45,51)(H,46,52)(H,47,53)/t29?,36-,37-,39+/m1/s1. The van der Waals surface area contributed by atoms with Crippen molar-refractivity contribution in [1.29, 1.82) is 0 Å². The molecular weight excluding hydrogens is 666 g/mol. The summed E-state index contributed by atoms with van der Waals surface area (Å²) < 4.78 is 0. The van der Waals surface area contributed by atoms with Crippen molar-refractivity contribution < 1.29 is 28.8 Å². The number of hydrogen-bond donors (Lipinski definition) is 3. The lowest BCUT2D eigenvalue weighted by molar-refractivity contribution is -0.141. The SMILES string of the molecule is CC(NC(=O)[C@@H](CC(=O)Cc1ccccc1)Cc1ccccc1)C(=O)C(=O)N[C@@H](CC1CC1)C(=O)C[C@@H](Cc1ccc(-c2ccccc2)cc1)C(N)=O. The first-order chi connectivity index (χ1) is 25.5. The van der Waals surface area contributed by atoms with Gasteiger partial charge in [-0.25, -0.2) is 0 Å². The maximum Gasteiger partial charge on any atom is 0.290 e. The molecule has 53 heavy (non-hydrogen) atoms. The van der Waals surface area contributed by atoms with Crippen LogP contribution in [-0.4, -0.2) is 47.2 Å². The van der Waals surface area contributed by atoms with Crippen LogP contribution in [-0.2, 0) is 48.0 Å². The summed E-state index contributed by atoms with van der Waals surface area (Å²) in [4.78, 5) is 79.3. The Morgan fingerprint density at radius 3 is 1.75 bits per heavy atom. The second-order valence-electron chi connectivity index (χ2n) is 14.1. The van der Waals surface area contributed by atoms with Gasteiger partial charge in [0.1, 0.15) is 5.78 Å². The first-order valence-corrected chi connectivity index (χ1v) is 18.3. The van der Waals surface area contributed by atoms with Crippen LogP contribution < -0.4 is 16.4 Å². The van der Waals surface area contributed by atoms with Crippen molar-refractivity contribution in [3.63, 3.8) is 0 Å². The molecule has 1 fully saturated rings. The number of rotatable bonds is 20. The number of ketones is 3. The monoisotopic (exact) mass is 713 g/mol. The van der Waals surface area contributed by atoms with Gasteiger partial charge in [-0.2, -0.15) is 0 Å². The Morgan fingerprint density at radius 1 is 0.642 bits per heavy atom. The van der Waals surface area contributed by atoms with Crippen LogP contribution in [0.4, 0.5) is 0 Å². The first kappa shape index (κ1) is 38.5. The molecule has 3 amide bonds. The summed E-state index contributed by atoms with van der Waals surface area (Å²) in [5, 5.41) is 5.26. The molecule has 0 heterocycles. The normalized spacial score (nSPS) is 14.6. The van der Waals surface area contributed by atoms with E-state index in [1.54, 1.807) is 0 Å². The highest BCUT2D eigenvalue weighted by Crippen LogP contribution is 2.34. The minimum Gasteiger partial charge on any atom is -0.369 e. The molecule has 1 aliphatic rings. The van der Waals surface area contributed by atoms with E-state index >= 15 is 0 Å². The molecule has 9 heteroatoms. The molecule has 0 bridgehead atoms. The van der Waals surface area contributed by atoms with Crippen molar-refractivity contribution in [2.24, 2.45) is 23.5 Å². The van der Waals surface area contributed by atoms with Gasteiger partial charge in [0.15, 0.2) is 5.78 Å². The van der Waals surface area contributed by atoms with E-state index in [1.165, 1.54) is 6.92 Å². The molecule has 1 unspecified atom stereocenters. The molecule has 4 N–H and O–H groups in total. The molecule has 0 radical (unpaired) electrons. The molecule has 0 aliphatic heterocycles. The van der Waals surface area contributed by atoms with Gasteiger partial charge < -0.3 is 16.4 Å². The summed E-state index contributed by atoms with van der Waals surface area (Å²) in [5.74, 6) is -4.89. The Balaban J connectivity index is 1.19. The van der Waals surface area contributed by atoms with E-state index in [4.69, 9.17) is 5.73 Å². The van der Waals surface area contributed by atoms with Crippen LogP contribution in [0.3, 0.4) is 0 Å². The minimum atomic E-state index is -1.21. The largest absolute Gasteiger partial charge is 0.369 e. The van der Waals surface area contributed by atoms with E-state index in [0.29, 0.717) is 6.42 Å². The third kappa shape index (κ3) is 11.9. The summed E-state index contributed by atoms with van der Waals surface area (Å²) in [6, 6.07) is 34.0. The number of carbonyl (C=O) groups is 6. The molecule has 1 aliphatic carbocycles. The number of amides is 3.